The van der Waals surface area contributed by atoms with Crippen LogP contribution in [-0.2, 0) is 4.79 Å². The van der Waals surface area contributed by atoms with Crippen LogP contribution in [0.2, 0.25) is 0 Å². The summed E-state index contributed by atoms with van der Waals surface area (Å²) in [4.78, 5) is 18.4. The molecule has 1 amide bonds. The fourth-order valence-corrected chi connectivity index (χ4v) is 5.56. The van der Waals surface area contributed by atoms with Gasteiger partial charge < -0.3 is 16.4 Å². The zero-order chi connectivity index (χ0) is 20.0. The first-order chi connectivity index (χ1) is 14.1. The molecule has 6 N–H and O–H groups in total. The third kappa shape index (κ3) is 4.16. The summed E-state index contributed by atoms with van der Waals surface area (Å²) in [5, 5.41) is 11.6. The first-order valence-electron chi connectivity index (χ1n) is 11.2. The fourth-order valence-electron chi connectivity index (χ4n) is 5.56. The van der Waals surface area contributed by atoms with Gasteiger partial charge in [0, 0.05) is 57.9 Å². The van der Waals surface area contributed by atoms with E-state index < -0.39 is 18.3 Å². The predicted octanol–water partition coefficient (Wildman–Crippen LogP) is -2.40. The lowest BCUT2D eigenvalue weighted by Crippen LogP contribution is -2.65. The van der Waals surface area contributed by atoms with Crippen LogP contribution in [0.5, 0.6) is 0 Å². The Morgan fingerprint density at radius 2 is 1.83 bits per heavy atom. The van der Waals surface area contributed by atoms with Gasteiger partial charge in [0.05, 0.1) is 24.3 Å². The monoisotopic (exact) mass is 410 g/mol. The Bertz CT molecular complexity index is 599. The zero-order valence-electron chi connectivity index (χ0n) is 17.0. The molecule has 4 heterocycles. The highest BCUT2D eigenvalue weighted by molar-refractivity contribution is 5.81. The van der Waals surface area contributed by atoms with E-state index in [1.54, 1.807) is 5.01 Å². The molecule has 1 aliphatic carbocycles. The molecule has 164 valence electrons. The lowest BCUT2D eigenvalue weighted by atomic mass is 9.95. The molecule has 6 unspecified atom stereocenters. The number of piperazine rings is 1. The van der Waals surface area contributed by atoms with E-state index >= 15 is 0 Å². The number of fused-ring (bicyclic) bond motifs is 1. The van der Waals surface area contributed by atoms with Gasteiger partial charge in [0.25, 0.3) is 0 Å². The third-order valence-electron chi connectivity index (χ3n) is 7.28. The highest BCUT2D eigenvalue weighted by Gasteiger charge is 2.48. The number of nitrogens with two attached hydrogens (primary N) is 1. The number of alkyl halides is 1. The molecule has 0 aromatic rings. The second-order valence-electron chi connectivity index (χ2n) is 9.26. The molecule has 6 atom stereocenters. The fraction of sp³-hybridized carbons (Fsp3) is 0.947. The number of carbonyl (C=O) groups is 1. The lowest BCUT2D eigenvalue weighted by molar-refractivity contribution is -0.128. The zero-order valence-corrected chi connectivity index (χ0v) is 17.0. The largest absolute Gasteiger partial charge is 0.350 e. The summed E-state index contributed by atoms with van der Waals surface area (Å²) in [7, 11) is 0. The molecule has 0 bridgehead atoms. The van der Waals surface area contributed by atoms with Gasteiger partial charge in [-0.15, -0.1) is 0 Å². The van der Waals surface area contributed by atoms with Crippen molar-refractivity contribution in [2.75, 3.05) is 52.4 Å². The Morgan fingerprint density at radius 1 is 1.07 bits per heavy atom. The molecular formula is C19H35FN8O. The molecule has 4 aliphatic heterocycles. The molecule has 1 saturated carbocycles. The Labute approximate surface area is 171 Å². The SMILES string of the molecule is NC1NN2CC(F)CNC2C1C(=O)NC1CNCCC1N1CCN(C2CC2)CC1. The normalized spacial score (nSPS) is 42.6. The number of piperidine rings is 1. The standard InChI is InChI=1S/C19H35FN8O/c20-12-9-23-18-16(17(21)25-28(18)11-12)19(29)24-14-10-22-4-3-15(14)27-7-5-26(6-8-27)13-1-2-13/h12-18,22-23,25H,1-11,21H2,(H,24,29). The van der Waals surface area contributed by atoms with Gasteiger partial charge in [-0.3, -0.25) is 19.9 Å². The van der Waals surface area contributed by atoms with Crippen molar-refractivity contribution in [2.24, 2.45) is 11.7 Å². The van der Waals surface area contributed by atoms with Gasteiger partial charge in [0.15, 0.2) is 0 Å². The summed E-state index contributed by atoms with van der Waals surface area (Å²) in [5.41, 5.74) is 9.28. The number of hydrogen-bond donors (Lipinski definition) is 5. The van der Waals surface area contributed by atoms with Crippen molar-refractivity contribution < 1.29 is 9.18 Å². The molecule has 0 spiro atoms. The number of rotatable bonds is 4. The van der Waals surface area contributed by atoms with E-state index in [1.807, 2.05) is 0 Å². The van der Waals surface area contributed by atoms with Gasteiger partial charge in [0.1, 0.15) is 6.17 Å². The van der Waals surface area contributed by atoms with Crippen LogP contribution in [0.1, 0.15) is 19.3 Å². The van der Waals surface area contributed by atoms with Crippen LogP contribution < -0.4 is 27.1 Å². The minimum Gasteiger partial charge on any atom is -0.350 e. The Hall–Kier alpha value is -0.880. The van der Waals surface area contributed by atoms with Crippen LogP contribution in [0.4, 0.5) is 4.39 Å². The average molecular weight is 411 g/mol. The predicted molar refractivity (Wildman–Crippen MR) is 107 cm³/mol. The van der Waals surface area contributed by atoms with Crippen LogP contribution in [-0.4, -0.2) is 110 Å². The molecule has 0 aromatic carbocycles. The van der Waals surface area contributed by atoms with Crippen molar-refractivity contribution in [3.63, 3.8) is 0 Å². The second kappa shape index (κ2) is 8.33. The number of hydrazine groups is 1. The summed E-state index contributed by atoms with van der Waals surface area (Å²) in [6.45, 7) is 6.72. The third-order valence-corrected chi connectivity index (χ3v) is 7.28. The van der Waals surface area contributed by atoms with Gasteiger partial charge in [-0.2, -0.15) is 0 Å². The quantitative estimate of drug-likeness (QED) is 0.350. The van der Waals surface area contributed by atoms with E-state index in [2.05, 4.69) is 31.2 Å². The number of nitrogens with one attached hydrogen (secondary N) is 4. The molecule has 4 saturated heterocycles. The van der Waals surface area contributed by atoms with Crippen molar-refractivity contribution in [2.45, 2.75) is 55.9 Å². The van der Waals surface area contributed by atoms with Crippen molar-refractivity contribution >= 4 is 5.91 Å². The topological polar surface area (TPSA) is 101 Å². The van der Waals surface area contributed by atoms with Crippen LogP contribution in [0, 0.1) is 5.92 Å². The van der Waals surface area contributed by atoms with Gasteiger partial charge in [0.2, 0.25) is 5.91 Å². The number of amides is 1. The highest BCUT2D eigenvalue weighted by atomic mass is 19.1. The minimum atomic E-state index is -0.950. The molecule has 29 heavy (non-hydrogen) atoms. The van der Waals surface area contributed by atoms with Crippen molar-refractivity contribution in [3.8, 4) is 0 Å². The van der Waals surface area contributed by atoms with E-state index in [4.69, 9.17) is 5.73 Å². The summed E-state index contributed by atoms with van der Waals surface area (Å²) < 4.78 is 13.7. The molecule has 0 radical (unpaired) electrons. The van der Waals surface area contributed by atoms with E-state index in [0.29, 0.717) is 6.04 Å². The number of halogens is 1. The van der Waals surface area contributed by atoms with Gasteiger partial charge in [-0.05, 0) is 25.8 Å². The maximum Gasteiger partial charge on any atom is 0.229 e. The summed E-state index contributed by atoms with van der Waals surface area (Å²) in [5.74, 6) is -0.477. The summed E-state index contributed by atoms with van der Waals surface area (Å²) in [6.07, 6.45) is 2.05. The number of nitrogens with zero attached hydrogens (tertiary/aromatic N) is 3. The molecule has 5 rings (SSSR count). The van der Waals surface area contributed by atoms with Gasteiger partial charge in [-0.1, -0.05) is 0 Å². The van der Waals surface area contributed by atoms with E-state index in [1.165, 1.54) is 12.8 Å². The maximum atomic E-state index is 13.7. The number of hydrogen-bond acceptors (Lipinski definition) is 8. The average Bonchev–Trinajstić information content (AvgIpc) is 3.51. The van der Waals surface area contributed by atoms with Gasteiger partial charge in [-0.25, -0.2) is 14.8 Å². The van der Waals surface area contributed by atoms with E-state index in [-0.39, 0.29) is 31.2 Å². The summed E-state index contributed by atoms with van der Waals surface area (Å²) >= 11 is 0. The summed E-state index contributed by atoms with van der Waals surface area (Å²) in [6, 6.07) is 1.26. The Balaban J connectivity index is 1.20. The lowest BCUT2D eigenvalue weighted by Gasteiger charge is -2.45. The Kier molecular flexibility index (Phi) is 5.76. The first-order valence-corrected chi connectivity index (χ1v) is 11.2. The molecule has 0 aromatic heterocycles. The first kappa shape index (κ1) is 20.0. The molecule has 10 heteroatoms. The molecule has 5 aliphatic rings. The van der Waals surface area contributed by atoms with Crippen LogP contribution in [0.25, 0.3) is 0 Å². The van der Waals surface area contributed by atoms with Crippen LogP contribution in [0.3, 0.4) is 0 Å². The van der Waals surface area contributed by atoms with Crippen molar-refractivity contribution in [1.82, 2.24) is 36.2 Å². The van der Waals surface area contributed by atoms with Crippen molar-refractivity contribution in [1.29, 1.82) is 0 Å². The second-order valence-corrected chi connectivity index (χ2v) is 9.26. The van der Waals surface area contributed by atoms with E-state index in [9.17, 15) is 9.18 Å². The molecule has 5 fully saturated rings. The van der Waals surface area contributed by atoms with E-state index in [0.717, 1.165) is 51.7 Å². The molecular weight excluding hydrogens is 375 g/mol. The van der Waals surface area contributed by atoms with Crippen LogP contribution in [0.15, 0.2) is 0 Å². The van der Waals surface area contributed by atoms with Crippen molar-refractivity contribution in [3.05, 3.63) is 0 Å². The maximum absolute atomic E-state index is 13.7. The minimum absolute atomic E-state index is 0.0439. The number of carbonyl (C=O) groups excluding carboxylic acids is 1. The Morgan fingerprint density at radius 3 is 2.59 bits per heavy atom. The smallest absolute Gasteiger partial charge is 0.229 e. The van der Waals surface area contributed by atoms with Gasteiger partial charge >= 0.3 is 0 Å². The highest BCUT2D eigenvalue weighted by Crippen LogP contribution is 2.28. The molecule has 9 nitrogen and oxygen atoms in total. The van der Waals surface area contributed by atoms with Crippen LogP contribution >= 0.6 is 0 Å².